The van der Waals surface area contributed by atoms with Crippen molar-refractivity contribution >= 4 is 27.9 Å². The van der Waals surface area contributed by atoms with Crippen LogP contribution in [0.3, 0.4) is 0 Å². The topological polar surface area (TPSA) is 76.7 Å². The lowest BCUT2D eigenvalue weighted by molar-refractivity contribution is -0.123. The monoisotopic (exact) mass is 316 g/mol. The van der Waals surface area contributed by atoms with Crippen LogP contribution in [-0.2, 0) is 9.53 Å². The van der Waals surface area contributed by atoms with E-state index in [4.69, 9.17) is 4.74 Å². The molecule has 1 rings (SSSR count). The van der Waals surface area contributed by atoms with Gasteiger partial charge in [0.2, 0.25) is 0 Å². The maximum Gasteiger partial charge on any atom is 0.425 e. The Morgan fingerprint density at radius 3 is 2.67 bits per heavy atom. The summed E-state index contributed by atoms with van der Waals surface area (Å²) in [7, 11) is 1.20. The molecule has 0 fully saturated rings. The van der Waals surface area contributed by atoms with Crippen LogP contribution in [0, 0.1) is 6.92 Å². The van der Waals surface area contributed by atoms with Crippen LogP contribution in [0.4, 0.5) is 4.79 Å². The Morgan fingerprint density at radius 2 is 2.06 bits per heavy atom. The molecule has 0 spiro atoms. The summed E-state index contributed by atoms with van der Waals surface area (Å²) in [6.07, 6.45) is -0.747. The zero-order valence-corrected chi connectivity index (χ0v) is 11.5. The van der Waals surface area contributed by atoms with Crippen LogP contribution in [0.5, 0.6) is 5.75 Å². The van der Waals surface area contributed by atoms with Crippen molar-refractivity contribution in [2.24, 2.45) is 0 Å². The number of carbonyl (C=O) groups is 2. The van der Waals surface area contributed by atoms with Crippen LogP contribution < -0.4 is 15.6 Å². The van der Waals surface area contributed by atoms with E-state index in [1.807, 2.05) is 18.4 Å². The molecule has 0 aliphatic heterocycles. The van der Waals surface area contributed by atoms with Gasteiger partial charge >= 0.3 is 6.09 Å². The highest BCUT2D eigenvalue weighted by atomic mass is 79.9. The minimum absolute atomic E-state index is 0.203. The van der Waals surface area contributed by atoms with Gasteiger partial charge in [-0.05, 0) is 30.7 Å². The highest BCUT2D eigenvalue weighted by Gasteiger charge is 2.05. The maximum absolute atomic E-state index is 11.3. The number of hydrogen-bond donors (Lipinski definition) is 2. The lowest BCUT2D eigenvalue weighted by atomic mass is 10.2. The van der Waals surface area contributed by atoms with Crippen molar-refractivity contribution in [1.82, 2.24) is 10.9 Å². The molecule has 98 valence electrons. The van der Waals surface area contributed by atoms with Crippen LogP contribution in [0.1, 0.15) is 5.56 Å². The fraction of sp³-hybridized carbons (Fsp3) is 0.273. The van der Waals surface area contributed by atoms with Gasteiger partial charge < -0.3 is 9.47 Å². The summed E-state index contributed by atoms with van der Waals surface area (Å²) in [4.78, 5) is 22.0. The largest absolute Gasteiger partial charge is 0.484 e. The molecule has 2 amide bonds. The number of hydrazine groups is 1. The second kappa shape index (κ2) is 6.85. The van der Waals surface area contributed by atoms with Gasteiger partial charge in [-0.3, -0.25) is 10.2 Å². The summed E-state index contributed by atoms with van der Waals surface area (Å²) in [6, 6.07) is 5.36. The average Bonchev–Trinajstić information content (AvgIpc) is 2.37. The fourth-order valence-corrected chi connectivity index (χ4v) is 1.31. The van der Waals surface area contributed by atoms with Crippen molar-refractivity contribution in [3.63, 3.8) is 0 Å². The van der Waals surface area contributed by atoms with E-state index in [1.165, 1.54) is 7.11 Å². The average molecular weight is 317 g/mol. The first-order valence-corrected chi connectivity index (χ1v) is 5.84. The van der Waals surface area contributed by atoms with E-state index in [0.717, 1.165) is 10.0 Å². The molecular formula is C11H13BrN2O4. The van der Waals surface area contributed by atoms with Gasteiger partial charge in [0.05, 0.1) is 7.11 Å². The van der Waals surface area contributed by atoms with Crippen LogP contribution in [0.2, 0.25) is 0 Å². The summed E-state index contributed by atoms with van der Waals surface area (Å²) in [5, 5.41) is 0. The predicted molar refractivity (Wildman–Crippen MR) is 68.1 cm³/mol. The van der Waals surface area contributed by atoms with E-state index >= 15 is 0 Å². The molecule has 0 atom stereocenters. The Kier molecular flexibility index (Phi) is 5.44. The number of benzene rings is 1. The number of methoxy groups -OCH3 is 1. The zero-order valence-electron chi connectivity index (χ0n) is 9.95. The standard InChI is InChI=1S/C11H13BrN2O4/c1-7-5-8(3-4-9(7)12)18-6-10(15)13-14-11(16)17-2/h3-5H,6H2,1-2H3,(H,13,15)(H,14,16). The minimum Gasteiger partial charge on any atom is -0.484 e. The molecule has 7 heteroatoms. The van der Waals surface area contributed by atoms with Crippen LogP contribution >= 0.6 is 15.9 Å². The quantitative estimate of drug-likeness (QED) is 0.829. The Morgan fingerprint density at radius 1 is 1.33 bits per heavy atom. The molecule has 2 N–H and O–H groups in total. The van der Waals surface area contributed by atoms with Crippen molar-refractivity contribution < 1.29 is 19.1 Å². The maximum atomic E-state index is 11.3. The van der Waals surface area contributed by atoms with E-state index < -0.39 is 12.0 Å². The molecular weight excluding hydrogens is 304 g/mol. The lowest BCUT2D eigenvalue weighted by Crippen LogP contribution is -2.43. The molecule has 0 aromatic heterocycles. The molecule has 0 aliphatic rings. The predicted octanol–water partition coefficient (Wildman–Crippen LogP) is 1.52. The Balaban J connectivity index is 2.38. The number of rotatable bonds is 3. The first-order chi connectivity index (χ1) is 8.52. The van der Waals surface area contributed by atoms with Crippen molar-refractivity contribution in [2.75, 3.05) is 13.7 Å². The zero-order chi connectivity index (χ0) is 13.5. The van der Waals surface area contributed by atoms with Gasteiger partial charge in [-0.2, -0.15) is 0 Å². The van der Waals surface area contributed by atoms with Crippen molar-refractivity contribution in [3.8, 4) is 5.75 Å². The summed E-state index contributed by atoms with van der Waals surface area (Å²) < 4.78 is 10.5. The summed E-state index contributed by atoms with van der Waals surface area (Å²) >= 11 is 3.36. The molecule has 1 aromatic carbocycles. The number of hydrogen-bond acceptors (Lipinski definition) is 4. The summed E-state index contributed by atoms with van der Waals surface area (Å²) in [5.74, 6) is 0.0879. The third-order valence-corrected chi connectivity index (χ3v) is 2.88. The van der Waals surface area contributed by atoms with Gasteiger partial charge in [0.1, 0.15) is 5.75 Å². The second-order valence-corrected chi connectivity index (χ2v) is 4.22. The van der Waals surface area contributed by atoms with Gasteiger partial charge in [-0.25, -0.2) is 10.2 Å². The Hall–Kier alpha value is -1.76. The van der Waals surface area contributed by atoms with Gasteiger partial charge in [-0.1, -0.05) is 15.9 Å². The number of halogens is 1. The van der Waals surface area contributed by atoms with Crippen LogP contribution in [0.15, 0.2) is 22.7 Å². The lowest BCUT2D eigenvalue weighted by Gasteiger charge is -2.08. The van der Waals surface area contributed by atoms with Gasteiger partial charge in [0.15, 0.2) is 6.61 Å². The molecule has 18 heavy (non-hydrogen) atoms. The Bertz CT molecular complexity index is 451. The number of ether oxygens (including phenoxy) is 2. The second-order valence-electron chi connectivity index (χ2n) is 3.36. The van der Waals surface area contributed by atoms with Crippen molar-refractivity contribution in [3.05, 3.63) is 28.2 Å². The number of carbonyl (C=O) groups excluding carboxylic acids is 2. The first kappa shape index (κ1) is 14.3. The van der Waals surface area contributed by atoms with E-state index in [1.54, 1.807) is 12.1 Å². The molecule has 0 unspecified atom stereocenters. The first-order valence-electron chi connectivity index (χ1n) is 5.04. The fourth-order valence-electron chi connectivity index (χ4n) is 1.06. The summed E-state index contributed by atoms with van der Waals surface area (Å²) in [6.45, 7) is 1.71. The summed E-state index contributed by atoms with van der Waals surface area (Å²) in [5.41, 5.74) is 5.17. The van der Waals surface area contributed by atoms with Gasteiger partial charge in [-0.15, -0.1) is 0 Å². The smallest absolute Gasteiger partial charge is 0.425 e. The van der Waals surface area contributed by atoms with Gasteiger partial charge in [0, 0.05) is 4.47 Å². The molecule has 0 bridgehead atoms. The van der Waals surface area contributed by atoms with E-state index in [2.05, 4.69) is 26.1 Å². The number of amides is 2. The molecule has 6 nitrogen and oxygen atoms in total. The molecule has 0 heterocycles. The number of aryl methyl sites for hydroxylation is 1. The molecule has 0 saturated carbocycles. The normalized spacial score (nSPS) is 9.50. The van der Waals surface area contributed by atoms with E-state index in [9.17, 15) is 9.59 Å². The third-order valence-electron chi connectivity index (χ3n) is 1.99. The highest BCUT2D eigenvalue weighted by molar-refractivity contribution is 9.10. The molecule has 0 radical (unpaired) electrons. The SMILES string of the molecule is COC(=O)NNC(=O)COc1ccc(Br)c(C)c1. The highest BCUT2D eigenvalue weighted by Crippen LogP contribution is 2.21. The van der Waals surface area contributed by atoms with E-state index in [-0.39, 0.29) is 6.61 Å². The van der Waals surface area contributed by atoms with Crippen LogP contribution in [-0.4, -0.2) is 25.7 Å². The van der Waals surface area contributed by atoms with E-state index in [0.29, 0.717) is 5.75 Å². The molecule has 0 saturated heterocycles. The minimum atomic E-state index is -0.747. The Labute approximate surface area is 113 Å². The van der Waals surface area contributed by atoms with Gasteiger partial charge in [0.25, 0.3) is 5.91 Å². The van der Waals surface area contributed by atoms with Crippen molar-refractivity contribution in [2.45, 2.75) is 6.92 Å². The number of nitrogens with one attached hydrogen (secondary N) is 2. The molecule has 1 aromatic rings. The van der Waals surface area contributed by atoms with Crippen molar-refractivity contribution in [1.29, 1.82) is 0 Å². The molecule has 0 aliphatic carbocycles. The van der Waals surface area contributed by atoms with Crippen LogP contribution in [0.25, 0.3) is 0 Å². The third kappa shape index (κ3) is 4.62.